The number of hydrogen-bond donors (Lipinski definition) is 7. The average molecular weight is 871 g/mol. The Morgan fingerprint density at radius 2 is 1.07 bits per heavy atom. The number of hydrogen-bond acceptors (Lipinski definition) is 13. The van der Waals surface area contributed by atoms with Crippen molar-refractivity contribution in [2.45, 2.75) is 185 Å². The van der Waals surface area contributed by atoms with Crippen molar-refractivity contribution in [3.8, 4) is 0 Å². The van der Waals surface area contributed by atoms with E-state index in [0.29, 0.717) is 25.7 Å². The molecule has 0 heterocycles. The quantitative estimate of drug-likeness (QED) is 0.0151. The van der Waals surface area contributed by atoms with Gasteiger partial charge < -0.3 is 45.0 Å². The topological polar surface area (TPSA) is 230 Å². The van der Waals surface area contributed by atoms with Gasteiger partial charge in [-0.3, -0.25) is 18.6 Å². The molecule has 1 fully saturated rings. The van der Waals surface area contributed by atoms with Crippen LogP contribution in [0.1, 0.15) is 136 Å². The highest BCUT2D eigenvalue weighted by atomic mass is 31.2. The van der Waals surface area contributed by atoms with Crippen molar-refractivity contribution in [3.63, 3.8) is 0 Å². The fraction of sp³-hybridized carbons (Fsp3) is 0.689. The molecule has 1 aliphatic rings. The number of ether oxygens (including phenoxy) is 2. The van der Waals surface area contributed by atoms with E-state index >= 15 is 0 Å². The molecule has 0 aliphatic heterocycles. The van der Waals surface area contributed by atoms with Gasteiger partial charge in [-0.2, -0.15) is 0 Å². The molecule has 15 heteroatoms. The standard InChI is InChI=1S/C45H75O14P/c1-3-5-6-7-8-9-10-12-16-19-22-25-28-32-38(47)56-34-37(35-57-60(54,55)59-45-43(52)41(50)40(49)42(51)44(45)53)58-39(48)33-29-26-23-20-17-14-11-13-15-18-21-24-27-31-36(46)30-4-2/h6-7,9-11,14-15,18,20,23-24,27,36-37,40-46,49-53H,3-5,8,12-13,16-17,19,21-22,25-26,28-35H2,1-2H3,(H,54,55)/b7-6-,10-9-,14-11-,18-15-,23-20-,27-24-/t36?,37-,40?,41-,42+,43-,44-,45?/m1/s1. The first-order valence-corrected chi connectivity index (χ1v) is 23.3. The fourth-order valence-electron chi connectivity index (χ4n) is 6.04. The van der Waals surface area contributed by atoms with Crippen LogP contribution in [0.2, 0.25) is 0 Å². The zero-order valence-electron chi connectivity index (χ0n) is 35.8. The lowest BCUT2D eigenvalue weighted by atomic mass is 9.85. The molecule has 60 heavy (non-hydrogen) atoms. The molecule has 344 valence electrons. The Balaban J connectivity index is 2.56. The minimum Gasteiger partial charge on any atom is -0.462 e. The van der Waals surface area contributed by atoms with Crippen molar-refractivity contribution in [3.05, 3.63) is 72.9 Å². The van der Waals surface area contributed by atoms with Gasteiger partial charge in [-0.15, -0.1) is 0 Å². The van der Waals surface area contributed by atoms with Crippen LogP contribution in [0.4, 0.5) is 0 Å². The number of carbonyl (C=O) groups excluding carboxylic acids is 2. The number of phosphoric ester groups is 1. The van der Waals surface area contributed by atoms with Crippen molar-refractivity contribution in [2.24, 2.45) is 0 Å². The van der Waals surface area contributed by atoms with Gasteiger partial charge >= 0.3 is 19.8 Å². The molecule has 0 aromatic carbocycles. The first-order chi connectivity index (χ1) is 28.8. The summed E-state index contributed by atoms with van der Waals surface area (Å²) in [5, 5.41) is 59.8. The van der Waals surface area contributed by atoms with Crippen LogP contribution in [0.25, 0.3) is 0 Å². The van der Waals surface area contributed by atoms with E-state index in [2.05, 4.69) is 62.5 Å². The van der Waals surface area contributed by atoms with Crippen LogP contribution in [-0.4, -0.2) is 110 Å². The molecule has 7 N–H and O–H groups in total. The molecule has 4 unspecified atom stereocenters. The first kappa shape index (κ1) is 55.3. The third-order valence-electron chi connectivity index (χ3n) is 9.56. The number of unbranched alkanes of at least 4 members (excludes halogenated alkanes) is 7. The van der Waals surface area contributed by atoms with Crippen molar-refractivity contribution in [1.29, 1.82) is 0 Å². The number of aliphatic hydroxyl groups excluding tert-OH is 6. The molecular formula is C45H75O14P. The SMILES string of the molecule is CCC/C=C\C/C=C\CCCCCCCC(=O)OC[C@H](COP(=O)(O)OC1[C@H](O)[C@H](O)C(O)[C@H](O)[C@H]1O)OC(=O)CCC/C=C\C/C=C\C/C=C\C/C=C\CC(O)CCC. The molecule has 0 aromatic heterocycles. The summed E-state index contributed by atoms with van der Waals surface area (Å²) >= 11 is 0. The lowest BCUT2D eigenvalue weighted by Crippen LogP contribution is -2.64. The van der Waals surface area contributed by atoms with Crippen LogP contribution in [0.15, 0.2) is 72.9 Å². The van der Waals surface area contributed by atoms with E-state index in [4.69, 9.17) is 18.5 Å². The second kappa shape index (κ2) is 34.8. The van der Waals surface area contributed by atoms with Gasteiger partial charge in [0.15, 0.2) is 6.10 Å². The molecule has 0 aromatic rings. The highest BCUT2D eigenvalue weighted by Crippen LogP contribution is 2.47. The summed E-state index contributed by atoms with van der Waals surface area (Å²) in [4.78, 5) is 35.6. The van der Waals surface area contributed by atoms with Crippen LogP contribution in [0.3, 0.4) is 0 Å². The van der Waals surface area contributed by atoms with Gasteiger partial charge in [0.1, 0.15) is 43.2 Å². The maximum absolute atomic E-state index is 12.8. The summed E-state index contributed by atoms with van der Waals surface area (Å²) in [6.45, 7) is 2.95. The van der Waals surface area contributed by atoms with Gasteiger partial charge in [-0.25, -0.2) is 4.57 Å². The molecule has 14 nitrogen and oxygen atoms in total. The minimum atomic E-state index is -5.15. The predicted octanol–water partition coefficient (Wildman–Crippen LogP) is 6.91. The van der Waals surface area contributed by atoms with E-state index in [1.54, 1.807) is 0 Å². The molecule has 9 atom stereocenters. The monoisotopic (exact) mass is 870 g/mol. The number of esters is 2. The number of phosphoric acid groups is 1. The zero-order valence-corrected chi connectivity index (χ0v) is 36.7. The van der Waals surface area contributed by atoms with Crippen molar-refractivity contribution < 1.29 is 68.2 Å². The maximum atomic E-state index is 12.8. The Morgan fingerprint density at radius 1 is 0.583 bits per heavy atom. The Morgan fingerprint density at radius 3 is 1.65 bits per heavy atom. The van der Waals surface area contributed by atoms with Gasteiger partial charge in [0.2, 0.25) is 0 Å². The molecular weight excluding hydrogens is 795 g/mol. The third kappa shape index (κ3) is 27.2. The molecule has 1 saturated carbocycles. The summed E-state index contributed by atoms with van der Waals surface area (Å²) in [6.07, 6.45) is 26.0. The van der Waals surface area contributed by atoms with Crippen LogP contribution < -0.4 is 0 Å². The zero-order chi connectivity index (χ0) is 44.4. The van der Waals surface area contributed by atoms with Gasteiger partial charge in [-0.05, 0) is 77.0 Å². The first-order valence-electron chi connectivity index (χ1n) is 21.8. The number of rotatable bonds is 34. The lowest BCUT2D eigenvalue weighted by molar-refractivity contribution is -0.220. The largest absolute Gasteiger partial charge is 0.472 e. The minimum absolute atomic E-state index is 0.000915. The van der Waals surface area contributed by atoms with E-state index < -0.39 is 75.7 Å². The van der Waals surface area contributed by atoms with Gasteiger partial charge in [0, 0.05) is 12.8 Å². The maximum Gasteiger partial charge on any atom is 0.472 e. The molecule has 0 saturated heterocycles. The Hall–Kier alpha value is -2.75. The molecule has 0 spiro atoms. The summed E-state index contributed by atoms with van der Waals surface area (Å²) < 4.78 is 33.4. The summed E-state index contributed by atoms with van der Waals surface area (Å²) in [5.41, 5.74) is 0. The summed E-state index contributed by atoms with van der Waals surface area (Å²) in [5.74, 6) is -1.21. The average Bonchev–Trinajstić information content (AvgIpc) is 3.22. The Labute approximate surface area is 358 Å². The highest BCUT2D eigenvalue weighted by Gasteiger charge is 2.51. The smallest absolute Gasteiger partial charge is 0.462 e. The lowest BCUT2D eigenvalue weighted by Gasteiger charge is -2.41. The third-order valence-corrected chi connectivity index (χ3v) is 10.5. The Kier molecular flexibility index (Phi) is 32.0. The van der Waals surface area contributed by atoms with E-state index in [0.717, 1.165) is 83.5 Å². The number of aliphatic hydroxyl groups is 6. The van der Waals surface area contributed by atoms with E-state index in [-0.39, 0.29) is 18.9 Å². The number of carbonyl (C=O) groups is 2. The Bertz CT molecular complexity index is 1340. The van der Waals surface area contributed by atoms with Crippen LogP contribution in [0.5, 0.6) is 0 Å². The van der Waals surface area contributed by atoms with E-state index in [1.807, 2.05) is 24.3 Å². The van der Waals surface area contributed by atoms with Crippen molar-refractivity contribution >= 4 is 19.8 Å². The normalized spacial score (nSPS) is 23.4. The van der Waals surface area contributed by atoms with Gasteiger partial charge in [0.25, 0.3) is 0 Å². The number of allylic oxidation sites excluding steroid dienone is 11. The van der Waals surface area contributed by atoms with Crippen molar-refractivity contribution in [2.75, 3.05) is 13.2 Å². The molecule has 1 rings (SSSR count). The molecule has 0 bridgehead atoms. The molecule has 0 radical (unpaired) electrons. The summed E-state index contributed by atoms with van der Waals surface area (Å²) in [6, 6.07) is 0. The van der Waals surface area contributed by atoms with Gasteiger partial charge in [-0.1, -0.05) is 119 Å². The highest BCUT2D eigenvalue weighted by molar-refractivity contribution is 7.47. The van der Waals surface area contributed by atoms with Crippen LogP contribution in [0, 0.1) is 0 Å². The van der Waals surface area contributed by atoms with Crippen LogP contribution in [-0.2, 0) is 32.7 Å². The van der Waals surface area contributed by atoms with E-state index in [9.17, 15) is 49.7 Å². The molecule has 1 aliphatic carbocycles. The second-order valence-electron chi connectivity index (χ2n) is 15.0. The second-order valence-corrected chi connectivity index (χ2v) is 16.4. The van der Waals surface area contributed by atoms with Crippen LogP contribution >= 0.6 is 7.82 Å². The fourth-order valence-corrected chi connectivity index (χ4v) is 7.01. The summed E-state index contributed by atoms with van der Waals surface area (Å²) in [7, 11) is -5.15. The predicted molar refractivity (Wildman–Crippen MR) is 231 cm³/mol. The van der Waals surface area contributed by atoms with Gasteiger partial charge in [0.05, 0.1) is 12.7 Å². The van der Waals surface area contributed by atoms with Crippen molar-refractivity contribution in [1.82, 2.24) is 0 Å². The molecule has 0 amide bonds. The van der Waals surface area contributed by atoms with E-state index in [1.165, 1.54) is 0 Å².